The van der Waals surface area contributed by atoms with E-state index in [0.717, 1.165) is 11.3 Å². The minimum absolute atomic E-state index is 0.203. The summed E-state index contributed by atoms with van der Waals surface area (Å²) in [6, 6.07) is 8.64. The molecule has 3 rings (SSSR count). The van der Waals surface area contributed by atoms with Gasteiger partial charge in [-0.2, -0.15) is 13.2 Å². The van der Waals surface area contributed by atoms with E-state index in [0.29, 0.717) is 41.3 Å². The number of rotatable bonds is 4. The van der Waals surface area contributed by atoms with Gasteiger partial charge in [0.25, 0.3) is 0 Å². The van der Waals surface area contributed by atoms with E-state index in [1.807, 2.05) is 26.0 Å². The zero-order valence-corrected chi connectivity index (χ0v) is 19.7. The van der Waals surface area contributed by atoms with Crippen molar-refractivity contribution in [3.8, 4) is 5.75 Å². The quantitative estimate of drug-likeness (QED) is 0.587. The average Bonchev–Trinajstić information content (AvgIpc) is 2.72. The third kappa shape index (κ3) is 8.88. The van der Waals surface area contributed by atoms with Crippen molar-refractivity contribution in [3.63, 3.8) is 0 Å². The van der Waals surface area contributed by atoms with Crippen LogP contribution >= 0.6 is 23.2 Å². The highest BCUT2D eigenvalue weighted by molar-refractivity contribution is 6.35. The normalized spacial score (nSPS) is 15.7. The van der Waals surface area contributed by atoms with Gasteiger partial charge < -0.3 is 19.5 Å². The zero-order chi connectivity index (χ0) is 25.5. The second-order valence-corrected chi connectivity index (χ2v) is 8.07. The highest BCUT2D eigenvalue weighted by Gasteiger charge is 2.38. The molecule has 1 fully saturated rings. The lowest BCUT2D eigenvalue weighted by Gasteiger charge is -2.32. The Labute approximate surface area is 203 Å². The second-order valence-electron chi connectivity index (χ2n) is 7.23. The van der Waals surface area contributed by atoms with Gasteiger partial charge in [-0.1, -0.05) is 23.2 Å². The summed E-state index contributed by atoms with van der Waals surface area (Å²) >= 11 is 12.0. The van der Waals surface area contributed by atoms with Gasteiger partial charge in [-0.3, -0.25) is 5.32 Å². The molecule has 1 aromatic heterocycles. The largest absolute Gasteiger partial charge is 0.490 e. The highest BCUT2D eigenvalue weighted by atomic mass is 35.5. The molecule has 8 nitrogen and oxygen atoms in total. The van der Waals surface area contributed by atoms with Crippen LogP contribution in [0.15, 0.2) is 30.3 Å². The summed E-state index contributed by atoms with van der Waals surface area (Å²) in [5.41, 5.74) is 1.91. The first-order valence-electron chi connectivity index (χ1n) is 9.86. The predicted molar refractivity (Wildman–Crippen MR) is 120 cm³/mol. The fraction of sp³-hybridized carbons (Fsp3) is 0.381. The number of nitrogens with one attached hydrogen (secondary N) is 1. The van der Waals surface area contributed by atoms with Crippen LogP contribution < -0.4 is 10.1 Å². The lowest BCUT2D eigenvalue weighted by molar-refractivity contribution is -0.192. The maximum absolute atomic E-state index is 12.5. The number of amides is 2. The standard InChI is InChI=1S/C19H21Cl2N3O3.C2HF3O2/c1-12-7-13(2)22-18(8-12)23-19(25)24-5-6-26-15(10-24)11-27-17-4-3-14(20)9-16(17)21;3-2(4,5)1(6)7/h3-4,7-9,15H,5-6,10-11H2,1-2H3,(H,22,23,25);(H,6,7). The second kappa shape index (κ2) is 12.1. The molecule has 1 unspecified atom stereocenters. The van der Waals surface area contributed by atoms with Gasteiger partial charge in [0.2, 0.25) is 0 Å². The number of carbonyl (C=O) groups is 2. The lowest BCUT2D eigenvalue weighted by atomic mass is 10.2. The molecule has 186 valence electrons. The lowest BCUT2D eigenvalue weighted by Crippen LogP contribution is -2.49. The van der Waals surface area contributed by atoms with Crippen molar-refractivity contribution < 1.29 is 37.3 Å². The molecule has 0 radical (unpaired) electrons. The molecule has 2 heterocycles. The molecule has 0 saturated carbocycles. The molecule has 0 bridgehead atoms. The van der Waals surface area contributed by atoms with Crippen LogP contribution in [0.5, 0.6) is 5.75 Å². The molecule has 1 aliphatic rings. The first-order valence-corrected chi connectivity index (χ1v) is 10.6. The van der Waals surface area contributed by atoms with E-state index in [1.54, 1.807) is 23.1 Å². The first kappa shape index (κ1) is 27.5. The Hall–Kier alpha value is -2.76. The predicted octanol–water partition coefficient (Wildman–Crippen LogP) is 4.95. The minimum atomic E-state index is -5.08. The zero-order valence-electron chi connectivity index (χ0n) is 18.2. The Morgan fingerprint density at radius 1 is 1.26 bits per heavy atom. The number of urea groups is 1. The number of nitrogens with zero attached hydrogens (tertiary/aromatic N) is 2. The van der Waals surface area contributed by atoms with Gasteiger partial charge >= 0.3 is 18.2 Å². The van der Waals surface area contributed by atoms with Crippen molar-refractivity contribution in [3.05, 3.63) is 51.6 Å². The molecule has 2 amide bonds. The van der Waals surface area contributed by atoms with E-state index in [2.05, 4.69) is 10.3 Å². The molecule has 2 aromatic rings. The summed E-state index contributed by atoms with van der Waals surface area (Å²) in [6.45, 7) is 5.51. The van der Waals surface area contributed by atoms with Crippen molar-refractivity contribution in [1.82, 2.24) is 9.88 Å². The van der Waals surface area contributed by atoms with Gasteiger partial charge in [0, 0.05) is 17.3 Å². The number of aryl methyl sites for hydroxylation is 2. The Balaban J connectivity index is 0.000000509. The van der Waals surface area contributed by atoms with Gasteiger partial charge in [0.05, 0.1) is 18.2 Å². The van der Waals surface area contributed by atoms with Crippen molar-refractivity contribution >= 4 is 41.0 Å². The van der Waals surface area contributed by atoms with Crippen LogP contribution in [-0.4, -0.2) is 65.6 Å². The average molecular weight is 524 g/mol. The fourth-order valence-corrected chi connectivity index (χ4v) is 3.34. The number of alkyl halides is 3. The number of hydrogen-bond acceptors (Lipinski definition) is 5. The SMILES string of the molecule is Cc1cc(C)nc(NC(=O)N2CCOC(COc3ccc(Cl)cc3Cl)C2)c1.O=C(O)C(F)(F)F. The summed E-state index contributed by atoms with van der Waals surface area (Å²) in [5.74, 6) is -1.68. The molecular weight excluding hydrogens is 502 g/mol. The third-order valence-corrected chi connectivity index (χ3v) is 4.85. The summed E-state index contributed by atoms with van der Waals surface area (Å²) in [4.78, 5) is 27.5. The number of carboxylic acid groups (broad SMARTS) is 1. The summed E-state index contributed by atoms with van der Waals surface area (Å²) in [7, 11) is 0. The maximum atomic E-state index is 12.5. The van der Waals surface area contributed by atoms with Crippen LogP contribution in [0.1, 0.15) is 11.3 Å². The Bertz CT molecular complexity index is 1000. The van der Waals surface area contributed by atoms with E-state index in [-0.39, 0.29) is 18.7 Å². The number of morpholine rings is 1. The molecule has 1 saturated heterocycles. The van der Waals surface area contributed by atoms with E-state index in [1.165, 1.54) is 0 Å². The number of pyridine rings is 1. The van der Waals surface area contributed by atoms with E-state index < -0.39 is 12.1 Å². The molecular formula is C21H22Cl2F3N3O5. The summed E-state index contributed by atoms with van der Waals surface area (Å²) in [5, 5.41) is 11.0. The smallest absolute Gasteiger partial charge is 0.489 e. The Morgan fingerprint density at radius 2 is 1.94 bits per heavy atom. The van der Waals surface area contributed by atoms with Gasteiger partial charge in [-0.15, -0.1) is 0 Å². The molecule has 13 heteroatoms. The molecule has 0 spiro atoms. The van der Waals surface area contributed by atoms with Gasteiger partial charge in [-0.05, 0) is 49.7 Å². The first-order chi connectivity index (χ1) is 15.8. The summed E-state index contributed by atoms with van der Waals surface area (Å²) in [6.07, 6.45) is -5.33. The Kier molecular flexibility index (Phi) is 9.77. The van der Waals surface area contributed by atoms with Crippen molar-refractivity contribution in [2.45, 2.75) is 26.1 Å². The number of carbonyl (C=O) groups excluding carboxylic acids is 1. The van der Waals surface area contributed by atoms with Crippen LogP contribution in [0.25, 0.3) is 0 Å². The van der Waals surface area contributed by atoms with Crippen LogP contribution in [0.4, 0.5) is 23.8 Å². The molecule has 0 aliphatic carbocycles. The Morgan fingerprint density at radius 3 is 2.53 bits per heavy atom. The molecule has 2 N–H and O–H groups in total. The molecule has 1 atom stereocenters. The van der Waals surface area contributed by atoms with Crippen LogP contribution in [-0.2, 0) is 9.53 Å². The number of carboxylic acids is 1. The van der Waals surface area contributed by atoms with Crippen LogP contribution in [0.2, 0.25) is 10.0 Å². The monoisotopic (exact) mass is 523 g/mol. The minimum Gasteiger partial charge on any atom is -0.489 e. The highest BCUT2D eigenvalue weighted by Crippen LogP contribution is 2.27. The van der Waals surface area contributed by atoms with Crippen LogP contribution in [0, 0.1) is 13.8 Å². The number of aliphatic carboxylic acids is 1. The number of hydrogen-bond donors (Lipinski definition) is 2. The molecule has 1 aromatic carbocycles. The number of benzene rings is 1. The molecule has 34 heavy (non-hydrogen) atoms. The fourth-order valence-electron chi connectivity index (χ4n) is 2.87. The van der Waals surface area contributed by atoms with E-state index in [4.69, 9.17) is 42.6 Å². The summed E-state index contributed by atoms with van der Waals surface area (Å²) < 4.78 is 43.2. The number of anilines is 1. The van der Waals surface area contributed by atoms with Crippen LogP contribution in [0.3, 0.4) is 0 Å². The molecule has 1 aliphatic heterocycles. The van der Waals surface area contributed by atoms with E-state index in [9.17, 15) is 18.0 Å². The number of ether oxygens (including phenoxy) is 2. The third-order valence-electron chi connectivity index (χ3n) is 4.32. The van der Waals surface area contributed by atoms with Crippen molar-refractivity contribution in [2.75, 3.05) is 31.6 Å². The van der Waals surface area contributed by atoms with E-state index >= 15 is 0 Å². The van der Waals surface area contributed by atoms with Gasteiger partial charge in [-0.25, -0.2) is 14.6 Å². The van der Waals surface area contributed by atoms with Crippen molar-refractivity contribution in [2.24, 2.45) is 0 Å². The maximum Gasteiger partial charge on any atom is 0.490 e. The van der Waals surface area contributed by atoms with Gasteiger partial charge in [0.1, 0.15) is 24.3 Å². The topological polar surface area (TPSA) is 101 Å². The number of halogens is 5. The van der Waals surface area contributed by atoms with Crippen molar-refractivity contribution in [1.29, 1.82) is 0 Å². The van der Waals surface area contributed by atoms with Gasteiger partial charge in [0.15, 0.2) is 0 Å². The number of aromatic nitrogens is 1.